The van der Waals surface area contributed by atoms with Crippen LogP contribution in [0.25, 0.3) is 22.5 Å². The SMILES string of the molecule is FC(F)(F)COc1cc(-c2cn(C[C@@H]3COCCO3)nn2)ccc1-c1ccn[nH]1. The van der Waals surface area contributed by atoms with E-state index in [1.165, 1.54) is 12.3 Å². The molecule has 3 heterocycles. The summed E-state index contributed by atoms with van der Waals surface area (Å²) in [6.07, 6.45) is -1.35. The fourth-order valence-corrected chi connectivity index (χ4v) is 2.96. The number of aromatic nitrogens is 5. The molecule has 0 bridgehead atoms. The lowest BCUT2D eigenvalue weighted by atomic mass is 10.1. The lowest BCUT2D eigenvalue weighted by molar-refractivity contribution is -0.153. The molecule has 2 aromatic heterocycles. The number of nitrogens with zero attached hydrogens (tertiary/aromatic N) is 4. The first-order chi connectivity index (χ1) is 14.0. The smallest absolute Gasteiger partial charge is 0.422 e. The van der Waals surface area contributed by atoms with Crippen molar-refractivity contribution >= 4 is 0 Å². The van der Waals surface area contributed by atoms with Crippen molar-refractivity contribution in [1.82, 2.24) is 25.2 Å². The number of benzene rings is 1. The van der Waals surface area contributed by atoms with E-state index in [-0.39, 0.29) is 11.9 Å². The van der Waals surface area contributed by atoms with Crippen molar-refractivity contribution in [3.8, 4) is 28.3 Å². The normalized spacial score (nSPS) is 17.4. The Kier molecular flexibility index (Phi) is 5.49. The summed E-state index contributed by atoms with van der Waals surface area (Å²) in [6, 6.07) is 6.56. The molecule has 11 heteroatoms. The summed E-state index contributed by atoms with van der Waals surface area (Å²) in [5.74, 6) is 0.0719. The average molecular weight is 409 g/mol. The third-order valence-electron chi connectivity index (χ3n) is 4.27. The fourth-order valence-electron chi connectivity index (χ4n) is 2.96. The molecule has 1 saturated heterocycles. The number of ether oxygens (including phenoxy) is 3. The van der Waals surface area contributed by atoms with Crippen LogP contribution in [0.15, 0.2) is 36.7 Å². The zero-order valence-electron chi connectivity index (χ0n) is 15.2. The van der Waals surface area contributed by atoms with Gasteiger partial charge in [0.15, 0.2) is 6.61 Å². The zero-order chi connectivity index (χ0) is 20.3. The largest absolute Gasteiger partial charge is 0.483 e. The molecule has 0 saturated carbocycles. The van der Waals surface area contributed by atoms with Gasteiger partial charge in [0.2, 0.25) is 0 Å². The molecule has 0 amide bonds. The van der Waals surface area contributed by atoms with Gasteiger partial charge in [0, 0.05) is 17.3 Å². The minimum absolute atomic E-state index is 0.0719. The van der Waals surface area contributed by atoms with Crippen LogP contribution >= 0.6 is 0 Å². The van der Waals surface area contributed by atoms with Gasteiger partial charge in [0.1, 0.15) is 17.5 Å². The fraction of sp³-hybridized carbons (Fsp3) is 0.389. The molecule has 29 heavy (non-hydrogen) atoms. The van der Waals surface area contributed by atoms with Crippen molar-refractivity contribution in [3.63, 3.8) is 0 Å². The minimum Gasteiger partial charge on any atom is -0.483 e. The molecule has 8 nitrogen and oxygen atoms in total. The van der Waals surface area contributed by atoms with Gasteiger partial charge < -0.3 is 14.2 Å². The van der Waals surface area contributed by atoms with Crippen LogP contribution in [-0.4, -0.2) is 63.9 Å². The van der Waals surface area contributed by atoms with Crippen LogP contribution in [0.4, 0.5) is 13.2 Å². The molecule has 1 atom stereocenters. The van der Waals surface area contributed by atoms with Crippen molar-refractivity contribution in [3.05, 3.63) is 36.7 Å². The number of rotatable bonds is 6. The van der Waals surface area contributed by atoms with Crippen LogP contribution in [0.2, 0.25) is 0 Å². The van der Waals surface area contributed by atoms with Gasteiger partial charge in [0.25, 0.3) is 0 Å². The molecule has 4 rings (SSSR count). The van der Waals surface area contributed by atoms with Crippen LogP contribution in [0.1, 0.15) is 0 Å². The van der Waals surface area contributed by atoms with E-state index < -0.39 is 12.8 Å². The van der Waals surface area contributed by atoms with E-state index in [2.05, 4.69) is 20.5 Å². The number of nitrogens with one attached hydrogen (secondary N) is 1. The predicted octanol–water partition coefficient (Wildman–Crippen LogP) is 2.69. The molecule has 154 valence electrons. The number of hydrogen-bond acceptors (Lipinski definition) is 6. The van der Waals surface area contributed by atoms with Gasteiger partial charge in [0.05, 0.1) is 38.3 Å². The van der Waals surface area contributed by atoms with Crippen LogP contribution in [-0.2, 0) is 16.0 Å². The molecule has 1 aromatic carbocycles. The molecule has 0 spiro atoms. The maximum atomic E-state index is 12.7. The highest BCUT2D eigenvalue weighted by atomic mass is 19.4. The summed E-state index contributed by atoms with van der Waals surface area (Å²) in [7, 11) is 0. The molecule has 1 fully saturated rings. The molecule has 0 aliphatic carbocycles. The molecule has 3 aromatic rings. The topological polar surface area (TPSA) is 87.1 Å². The second-order valence-electron chi connectivity index (χ2n) is 6.48. The Morgan fingerprint density at radius 2 is 2.14 bits per heavy atom. The lowest BCUT2D eigenvalue weighted by Gasteiger charge is -2.22. The third-order valence-corrected chi connectivity index (χ3v) is 4.27. The van der Waals surface area contributed by atoms with Crippen LogP contribution in [0.3, 0.4) is 0 Å². The summed E-state index contributed by atoms with van der Waals surface area (Å²) in [5.41, 5.74) is 2.11. The Balaban J connectivity index is 1.57. The first-order valence-electron chi connectivity index (χ1n) is 8.91. The van der Waals surface area contributed by atoms with Gasteiger partial charge in [-0.3, -0.25) is 5.10 Å². The van der Waals surface area contributed by atoms with Crippen LogP contribution < -0.4 is 4.74 Å². The summed E-state index contributed by atoms with van der Waals surface area (Å²) in [4.78, 5) is 0. The first-order valence-corrected chi connectivity index (χ1v) is 8.91. The second kappa shape index (κ2) is 8.21. The van der Waals surface area contributed by atoms with E-state index in [0.29, 0.717) is 48.9 Å². The first kappa shape index (κ1) is 19.4. The van der Waals surface area contributed by atoms with Crippen LogP contribution in [0.5, 0.6) is 5.75 Å². The molecular weight excluding hydrogens is 391 g/mol. The van der Waals surface area contributed by atoms with Gasteiger partial charge >= 0.3 is 6.18 Å². The second-order valence-corrected chi connectivity index (χ2v) is 6.48. The van der Waals surface area contributed by atoms with Gasteiger partial charge in [-0.2, -0.15) is 18.3 Å². The van der Waals surface area contributed by atoms with Gasteiger partial charge in [-0.1, -0.05) is 11.3 Å². The number of hydrogen-bond donors (Lipinski definition) is 1. The average Bonchev–Trinajstić information content (AvgIpc) is 3.39. The van der Waals surface area contributed by atoms with Crippen molar-refractivity contribution in [1.29, 1.82) is 0 Å². The third kappa shape index (κ3) is 4.93. The highest BCUT2D eigenvalue weighted by Crippen LogP contribution is 2.33. The predicted molar refractivity (Wildman–Crippen MR) is 95.1 cm³/mol. The van der Waals surface area contributed by atoms with E-state index in [9.17, 15) is 13.2 Å². The number of aromatic amines is 1. The Hall–Kier alpha value is -2.92. The molecule has 0 unspecified atom stereocenters. The summed E-state index contributed by atoms with van der Waals surface area (Å²) >= 11 is 0. The summed E-state index contributed by atoms with van der Waals surface area (Å²) in [6.45, 7) is 0.646. The summed E-state index contributed by atoms with van der Waals surface area (Å²) < 4.78 is 55.6. The van der Waals surface area contributed by atoms with Crippen molar-refractivity contribution in [2.45, 2.75) is 18.8 Å². The Morgan fingerprint density at radius 1 is 1.24 bits per heavy atom. The molecule has 0 radical (unpaired) electrons. The standard InChI is InChI=1S/C18H18F3N5O3/c19-18(20,21)11-29-17-7-12(1-2-14(17)15-3-4-22-23-15)16-9-26(25-24-16)8-13-10-27-5-6-28-13/h1-4,7,9,13H,5-6,8,10-11H2,(H,22,23)/t13-/m1/s1. The van der Waals surface area contributed by atoms with E-state index in [1.807, 2.05) is 0 Å². The Morgan fingerprint density at radius 3 is 2.86 bits per heavy atom. The van der Waals surface area contributed by atoms with E-state index in [4.69, 9.17) is 14.2 Å². The number of H-pyrrole nitrogens is 1. The van der Waals surface area contributed by atoms with Gasteiger partial charge in [-0.25, -0.2) is 4.68 Å². The Bertz CT molecular complexity index is 937. The minimum atomic E-state index is -4.45. The molecule has 1 aliphatic heterocycles. The van der Waals surface area contributed by atoms with E-state index in [0.717, 1.165) is 0 Å². The maximum Gasteiger partial charge on any atom is 0.422 e. The summed E-state index contributed by atoms with van der Waals surface area (Å²) in [5, 5.41) is 14.7. The molecule has 1 aliphatic rings. The van der Waals surface area contributed by atoms with Crippen molar-refractivity contribution in [2.24, 2.45) is 0 Å². The van der Waals surface area contributed by atoms with E-state index in [1.54, 1.807) is 29.1 Å². The zero-order valence-corrected chi connectivity index (χ0v) is 15.2. The molecular formula is C18H18F3N5O3. The van der Waals surface area contributed by atoms with Gasteiger partial charge in [-0.05, 0) is 18.2 Å². The number of halogens is 3. The van der Waals surface area contributed by atoms with Crippen LogP contribution in [0, 0.1) is 0 Å². The lowest BCUT2D eigenvalue weighted by Crippen LogP contribution is -2.32. The van der Waals surface area contributed by atoms with Crippen molar-refractivity contribution < 1.29 is 27.4 Å². The van der Waals surface area contributed by atoms with E-state index >= 15 is 0 Å². The number of alkyl halides is 3. The van der Waals surface area contributed by atoms with Gasteiger partial charge in [-0.15, -0.1) is 5.10 Å². The highest BCUT2D eigenvalue weighted by Gasteiger charge is 2.29. The maximum absolute atomic E-state index is 12.7. The highest BCUT2D eigenvalue weighted by molar-refractivity contribution is 5.73. The molecule has 1 N–H and O–H groups in total. The monoisotopic (exact) mass is 409 g/mol. The quantitative estimate of drug-likeness (QED) is 0.674. The Labute approximate surface area is 163 Å². The van der Waals surface area contributed by atoms with Crippen molar-refractivity contribution in [2.75, 3.05) is 26.4 Å².